The quantitative estimate of drug-likeness (QED) is 0.849. The molecule has 6 heteroatoms. The van der Waals surface area contributed by atoms with Crippen LogP contribution in [-0.4, -0.2) is 61.0 Å². The molecule has 0 aromatic heterocycles. The van der Waals surface area contributed by atoms with Gasteiger partial charge in [0.05, 0.1) is 0 Å². The van der Waals surface area contributed by atoms with Gasteiger partial charge in [-0.05, 0) is 31.4 Å². The topological polar surface area (TPSA) is 64.7 Å². The van der Waals surface area contributed by atoms with Crippen LogP contribution in [0.5, 0.6) is 0 Å². The van der Waals surface area contributed by atoms with Crippen LogP contribution >= 0.6 is 0 Å². The molecule has 6 nitrogen and oxygen atoms in total. The molecular formula is C19H28N4O2. The van der Waals surface area contributed by atoms with Crippen LogP contribution in [0.1, 0.15) is 24.8 Å². The summed E-state index contributed by atoms with van der Waals surface area (Å²) in [6.45, 7) is 3.59. The second-order valence-corrected chi connectivity index (χ2v) is 6.94. The highest BCUT2D eigenvalue weighted by Crippen LogP contribution is 2.31. The van der Waals surface area contributed by atoms with E-state index in [4.69, 9.17) is 0 Å². The van der Waals surface area contributed by atoms with Crippen LogP contribution in [-0.2, 0) is 11.3 Å². The molecule has 0 spiro atoms. The van der Waals surface area contributed by atoms with Crippen LogP contribution in [0, 0.1) is 5.92 Å². The number of piperidine rings is 2. The molecule has 2 unspecified atom stereocenters. The van der Waals surface area contributed by atoms with E-state index >= 15 is 0 Å². The molecule has 2 saturated heterocycles. The molecule has 2 N–H and O–H groups in total. The maximum absolute atomic E-state index is 12.5. The molecule has 0 bridgehead atoms. The summed E-state index contributed by atoms with van der Waals surface area (Å²) >= 11 is 0. The van der Waals surface area contributed by atoms with Crippen LogP contribution in [0.4, 0.5) is 4.79 Å². The second-order valence-electron chi connectivity index (χ2n) is 6.94. The molecule has 2 atom stereocenters. The van der Waals surface area contributed by atoms with Gasteiger partial charge in [-0.1, -0.05) is 30.3 Å². The Bertz CT molecular complexity index is 592. The molecule has 0 radical (unpaired) electrons. The number of carbonyl (C=O) groups excluding carboxylic acids is 2. The Hall–Kier alpha value is -2.08. The van der Waals surface area contributed by atoms with E-state index in [1.807, 2.05) is 47.2 Å². The van der Waals surface area contributed by atoms with Gasteiger partial charge in [0.1, 0.15) is 0 Å². The lowest BCUT2D eigenvalue weighted by atomic mass is 9.83. The van der Waals surface area contributed by atoms with Crippen molar-refractivity contribution in [2.45, 2.75) is 31.8 Å². The van der Waals surface area contributed by atoms with Gasteiger partial charge in [-0.2, -0.15) is 0 Å². The van der Waals surface area contributed by atoms with Crippen LogP contribution in [0.3, 0.4) is 0 Å². The van der Waals surface area contributed by atoms with Gasteiger partial charge in [0, 0.05) is 45.2 Å². The van der Waals surface area contributed by atoms with Gasteiger partial charge in [0.2, 0.25) is 5.91 Å². The highest BCUT2D eigenvalue weighted by Gasteiger charge is 2.39. The van der Waals surface area contributed by atoms with Gasteiger partial charge in [-0.15, -0.1) is 0 Å². The summed E-state index contributed by atoms with van der Waals surface area (Å²) in [4.78, 5) is 28.7. The highest BCUT2D eigenvalue weighted by atomic mass is 16.2. The summed E-state index contributed by atoms with van der Waals surface area (Å²) in [6.07, 6.45) is 2.37. The first kappa shape index (κ1) is 17.7. The molecule has 1 aromatic rings. The van der Waals surface area contributed by atoms with E-state index in [2.05, 4.69) is 10.6 Å². The SMILES string of the molecule is CNCCN1C(=O)CCC2CN(C(=O)NCc3ccccc3)CCC21. The zero-order chi connectivity index (χ0) is 17.6. The number of amides is 3. The molecule has 2 aliphatic rings. The van der Waals surface area contributed by atoms with Gasteiger partial charge in [-0.3, -0.25) is 4.79 Å². The maximum atomic E-state index is 12.5. The summed E-state index contributed by atoms with van der Waals surface area (Å²) in [5.41, 5.74) is 1.10. The molecule has 25 heavy (non-hydrogen) atoms. The predicted octanol–water partition coefficient (Wildman–Crippen LogP) is 1.43. The van der Waals surface area contributed by atoms with Crippen LogP contribution in [0.15, 0.2) is 30.3 Å². The number of fused-ring (bicyclic) bond motifs is 1. The van der Waals surface area contributed by atoms with Gasteiger partial charge in [0.15, 0.2) is 0 Å². The van der Waals surface area contributed by atoms with Crippen molar-refractivity contribution < 1.29 is 9.59 Å². The number of urea groups is 1. The number of nitrogens with one attached hydrogen (secondary N) is 2. The van der Waals surface area contributed by atoms with Gasteiger partial charge in [-0.25, -0.2) is 4.79 Å². The number of hydrogen-bond acceptors (Lipinski definition) is 3. The Balaban J connectivity index is 1.53. The molecule has 136 valence electrons. The zero-order valence-electron chi connectivity index (χ0n) is 14.9. The molecule has 1 aromatic carbocycles. The number of rotatable bonds is 5. The highest BCUT2D eigenvalue weighted by molar-refractivity contribution is 5.78. The fraction of sp³-hybridized carbons (Fsp3) is 0.579. The minimum atomic E-state index is 0.000905. The van der Waals surface area contributed by atoms with Crippen molar-refractivity contribution in [3.63, 3.8) is 0 Å². The number of benzene rings is 1. The first-order valence-corrected chi connectivity index (χ1v) is 9.20. The van der Waals surface area contributed by atoms with E-state index in [0.29, 0.717) is 25.4 Å². The molecule has 2 aliphatic heterocycles. The van der Waals surface area contributed by atoms with E-state index < -0.39 is 0 Å². The first-order valence-electron chi connectivity index (χ1n) is 9.20. The third-order valence-electron chi connectivity index (χ3n) is 5.32. The summed E-state index contributed by atoms with van der Waals surface area (Å²) in [5.74, 6) is 0.657. The van der Waals surface area contributed by atoms with Crippen LogP contribution < -0.4 is 10.6 Å². The van der Waals surface area contributed by atoms with Crippen molar-refractivity contribution in [3.8, 4) is 0 Å². The number of carbonyl (C=O) groups is 2. The summed E-state index contributed by atoms with van der Waals surface area (Å²) in [5, 5.41) is 6.14. The van der Waals surface area contributed by atoms with E-state index in [9.17, 15) is 9.59 Å². The largest absolute Gasteiger partial charge is 0.338 e. The van der Waals surface area contributed by atoms with E-state index in [0.717, 1.165) is 38.0 Å². The molecule has 0 saturated carbocycles. The Kier molecular flexibility index (Phi) is 5.91. The smallest absolute Gasteiger partial charge is 0.317 e. The Morgan fingerprint density at radius 3 is 2.80 bits per heavy atom. The second kappa shape index (κ2) is 8.34. The lowest BCUT2D eigenvalue weighted by Crippen LogP contribution is -2.58. The minimum absolute atomic E-state index is 0.000905. The Morgan fingerprint density at radius 2 is 2.04 bits per heavy atom. The summed E-state index contributed by atoms with van der Waals surface area (Å²) in [6, 6.07) is 10.2. The van der Waals surface area contributed by atoms with Crippen molar-refractivity contribution in [1.29, 1.82) is 0 Å². The molecule has 3 rings (SSSR count). The van der Waals surface area contributed by atoms with Gasteiger partial charge >= 0.3 is 6.03 Å². The predicted molar refractivity (Wildman–Crippen MR) is 97.0 cm³/mol. The van der Waals surface area contributed by atoms with Crippen molar-refractivity contribution in [3.05, 3.63) is 35.9 Å². The fourth-order valence-electron chi connectivity index (χ4n) is 3.94. The van der Waals surface area contributed by atoms with Crippen molar-refractivity contribution in [2.24, 2.45) is 5.92 Å². The monoisotopic (exact) mass is 344 g/mol. The average molecular weight is 344 g/mol. The first-order chi connectivity index (χ1) is 12.2. The molecule has 0 aliphatic carbocycles. The molecule has 2 heterocycles. The van der Waals surface area contributed by atoms with Gasteiger partial charge < -0.3 is 20.4 Å². The number of nitrogens with zero attached hydrogens (tertiary/aromatic N) is 2. The standard InChI is InChI=1S/C19H28N4O2/c1-20-10-12-23-17-9-11-22(14-16(17)7-8-18(23)24)19(25)21-13-15-5-3-2-4-6-15/h2-6,16-17,20H,7-14H2,1H3,(H,21,25). The summed E-state index contributed by atoms with van der Waals surface area (Å²) < 4.78 is 0. The Labute approximate surface area is 149 Å². The molecular weight excluding hydrogens is 316 g/mol. The van der Waals surface area contributed by atoms with Crippen LogP contribution in [0.2, 0.25) is 0 Å². The lowest BCUT2D eigenvalue weighted by molar-refractivity contribution is -0.140. The van der Waals surface area contributed by atoms with Crippen molar-refractivity contribution >= 4 is 11.9 Å². The molecule has 3 amide bonds. The van der Waals surface area contributed by atoms with Gasteiger partial charge in [0.25, 0.3) is 0 Å². The minimum Gasteiger partial charge on any atom is -0.338 e. The average Bonchev–Trinajstić information content (AvgIpc) is 2.66. The lowest BCUT2D eigenvalue weighted by Gasteiger charge is -2.47. The fourth-order valence-corrected chi connectivity index (χ4v) is 3.94. The normalized spacial score (nSPS) is 23.3. The zero-order valence-corrected chi connectivity index (χ0v) is 14.9. The Morgan fingerprint density at radius 1 is 1.24 bits per heavy atom. The van der Waals surface area contributed by atoms with Crippen molar-refractivity contribution in [1.82, 2.24) is 20.4 Å². The number of likely N-dealkylation sites (N-methyl/N-ethyl adjacent to an activating group) is 1. The molecule has 2 fully saturated rings. The van der Waals surface area contributed by atoms with E-state index in [-0.39, 0.29) is 18.0 Å². The third-order valence-corrected chi connectivity index (χ3v) is 5.32. The summed E-state index contributed by atoms with van der Waals surface area (Å²) in [7, 11) is 1.91. The van der Waals surface area contributed by atoms with Crippen LogP contribution in [0.25, 0.3) is 0 Å². The number of hydrogen-bond donors (Lipinski definition) is 2. The third kappa shape index (κ3) is 4.31. The number of likely N-dealkylation sites (tertiary alicyclic amines) is 2. The maximum Gasteiger partial charge on any atom is 0.317 e. The van der Waals surface area contributed by atoms with E-state index in [1.165, 1.54) is 0 Å². The van der Waals surface area contributed by atoms with Crippen molar-refractivity contribution in [2.75, 3.05) is 33.2 Å². The van der Waals surface area contributed by atoms with E-state index in [1.54, 1.807) is 0 Å².